The molecule has 9 heteroatoms. The van der Waals surface area contributed by atoms with Gasteiger partial charge in [0.2, 0.25) is 0 Å². The molecule has 188 valence electrons. The van der Waals surface area contributed by atoms with Gasteiger partial charge in [0.25, 0.3) is 5.91 Å². The molecule has 1 amide bonds. The fourth-order valence-electron chi connectivity index (χ4n) is 5.00. The van der Waals surface area contributed by atoms with Crippen molar-refractivity contribution in [2.75, 3.05) is 18.2 Å². The number of unbranched alkanes of at least 4 members (excludes halogenated alkanes) is 3. The standard InChI is InChI=1S/C27H31N5O3S/c1-3-4-5-10-15-32-23(28)21(22-24(32)30-18-13-8-7-12-17(18)29-22)25(33)31-26-20(27(34)35-2)16-11-6-9-14-19(16)36-26/h7-8,12-13H,3-6,9-11,14-15,28H2,1-2H3,(H,31,33). The summed E-state index contributed by atoms with van der Waals surface area (Å²) in [5.74, 6) is -0.477. The van der Waals surface area contributed by atoms with Crippen molar-refractivity contribution in [2.24, 2.45) is 0 Å². The Labute approximate surface area is 213 Å². The van der Waals surface area contributed by atoms with Crippen LogP contribution in [0.5, 0.6) is 0 Å². The molecule has 5 rings (SSSR count). The Bertz CT molecular complexity index is 1460. The topological polar surface area (TPSA) is 112 Å². The zero-order valence-electron chi connectivity index (χ0n) is 20.7. The van der Waals surface area contributed by atoms with Crippen molar-refractivity contribution in [3.8, 4) is 0 Å². The summed E-state index contributed by atoms with van der Waals surface area (Å²) in [4.78, 5) is 37.2. The number of para-hydroxylation sites is 2. The van der Waals surface area contributed by atoms with Crippen LogP contribution in [0.15, 0.2) is 24.3 Å². The summed E-state index contributed by atoms with van der Waals surface area (Å²) in [6.45, 7) is 2.83. The summed E-state index contributed by atoms with van der Waals surface area (Å²) in [5.41, 5.74) is 10.9. The fraction of sp³-hybridized carbons (Fsp3) is 0.407. The predicted octanol–water partition coefficient (Wildman–Crippen LogP) is 5.73. The zero-order valence-corrected chi connectivity index (χ0v) is 21.5. The van der Waals surface area contributed by atoms with Gasteiger partial charge in [0, 0.05) is 11.4 Å². The highest BCUT2D eigenvalue weighted by atomic mass is 32.1. The minimum absolute atomic E-state index is 0.293. The van der Waals surface area contributed by atoms with Crippen LogP contribution in [0.1, 0.15) is 76.6 Å². The molecule has 0 aliphatic heterocycles. The average molecular weight is 506 g/mol. The number of benzene rings is 1. The van der Waals surface area contributed by atoms with Gasteiger partial charge in [0.05, 0.1) is 23.7 Å². The molecule has 0 atom stereocenters. The van der Waals surface area contributed by atoms with Crippen LogP contribution in [0.25, 0.3) is 22.2 Å². The van der Waals surface area contributed by atoms with E-state index in [1.165, 1.54) is 18.4 Å². The molecule has 0 fully saturated rings. The molecule has 0 unspecified atom stereocenters. The number of nitrogens with two attached hydrogens (primary N) is 1. The van der Waals surface area contributed by atoms with Gasteiger partial charge in [-0.3, -0.25) is 4.79 Å². The lowest BCUT2D eigenvalue weighted by molar-refractivity contribution is 0.0601. The second-order valence-corrected chi connectivity index (χ2v) is 10.3. The Morgan fingerprint density at radius 1 is 1.08 bits per heavy atom. The van der Waals surface area contributed by atoms with Crippen molar-refractivity contribution < 1.29 is 14.3 Å². The van der Waals surface area contributed by atoms with E-state index in [1.807, 2.05) is 28.8 Å². The summed E-state index contributed by atoms with van der Waals surface area (Å²) in [7, 11) is 1.37. The highest BCUT2D eigenvalue weighted by molar-refractivity contribution is 7.17. The van der Waals surface area contributed by atoms with Crippen LogP contribution in [-0.4, -0.2) is 33.5 Å². The molecule has 0 radical (unpaired) electrons. The number of esters is 1. The lowest BCUT2D eigenvalue weighted by atomic mass is 9.95. The van der Waals surface area contributed by atoms with Crippen LogP contribution in [-0.2, 0) is 24.1 Å². The van der Waals surface area contributed by atoms with Crippen LogP contribution in [0.3, 0.4) is 0 Å². The maximum Gasteiger partial charge on any atom is 0.341 e. The highest BCUT2D eigenvalue weighted by Crippen LogP contribution is 2.39. The number of hydrogen-bond donors (Lipinski definition) is 2. The van der Waals surface area contributed by atoms with Crippen molar-refractivity contribution in [3.63, 3.8) is 0 Å². The molecular weight excluding hydrogens is 474 g/mol. The van der Waals surface area contributed by atoms with Crippen molar-refractivity contribution in [2.45, 2.75) is 64.8 Å². The minimum Gasteiger partial charge on any atom is -0.465 e. The second-order valence-electron chi connectivity index (χ2n) is 9.22. The third kappa shape index (κ3) is 4.32. The molecule has 1 aromatic carbocycles. The number of aryl methyl sites for hydroxylation is 2. The van der Waals surface area contributed by atoms with E-state index < -0.39 is 11.9 Å². The molecule has 0 bridgehead atoms. The summed E-state index contributed by atoms with van der Waals surface area (Å²) < 4.78 is 6.97. The monoisotopic (exact) mass is 505 g/mol. The Balaban J connectivity index is 1.58. The van der Waals surface area contributed by atoms with Gasteiger partial charge in [-0.1, -0.05) is 38.3 Å². The van der Waals surface area contributed by atoms with E-state index in [2.05, 4.69) is 12.2 Å². The number of carbonyl (C=O) groups excluding carboxylic acids is 2. The molecule has 8 nitrogen and oxygen atoms in total. The number of aromatic nitrogens is 3. The molecule has 1 aliphatic rings. The van der Waals surface area contributed by atoms with E-state index in [0.29, 0.717) is 45.2 Å². The third-order valence-electron chi connectivity index (χ3n) is 6.84. The SMILES string of the molecule is CCCCCCn1c(N)c(C(=O)Nc2sc3c(c2C(=O)OC)CCCC3)c2nc3ccccc3nc21. The quantitative estimate of drug-likeness (QED) is 0.234. The van der Waals surface area contributed by atoms with E-state index in [9.17, 15) is 9.59 Å². The summed E-state index contributed by atoms with van der Waals surface area (Å²) >= 11 is 1.45. The molecular formula is C27H31N5O3S. The van der Waals surface area contributed by atoms with E-state index in [0.717, 1.165) is 67.3 Å². The Morgan fingerprint density at radius 3 is 2.58 bits per heavy atom. The number of nitrogen functional groups attached to an aromatic ring is 1. The number of ether oxygens (including phenoxy) is 1. The van der Waals surface area contributed by atoms with Crippen LogP contribution in [0.4, 0.5) is 10.8 Å². The molecule has 0 saturated heterocycles. The Morgan fingerprint density at radius 2 is 1.83 bits per heavy atom. The number of amides is 1. The van der Waals surface area contributed by atoms with E-state index in [-0.39, 0.29) is 0 Å². The van der Waals surface area contributed by atoms with Crippen LogP contribution in [0, 0.1) is 0 Å². The van der Waals surface area contributed by atoms with E-state index in [4.69, 9.17) is 20.4 Å². The molecule has 3 aromatic heterocycles. The van der Waals surface area contributed by atoms with Crippen molar-refractivity contribution in [1.29, 1.82) is 0 Å². The second kappa shape index (κ2) is 10.3. The van der Waals surface area contributed by atoms with Gasteiger partial charge >= 0.3 is 5.97 Å². The lowest BCUT2D eigenvalue weighted by Gasteiger charge is -2.11. The number of rotatable bonds is 8. The summed E-state index contributed by atoms with van der Waals surface area (Å²) in [6.07, 6.45) is 8.07. The van der Waals surface area contributed by atoms with Gasteiger partial charge in [-0.2, -0.15) is 0 Å². The van der Waals surface area contributed by atoms with Crippen LogP contribution >= 0.6 is 11.3 Å². The van der Waals surface area contributed by atoms with E-state index >= 15 is 0 Å². The van der Waals surface area contributed by atoms with Crippen molar-refractivity contribution in [1.82, 2.24) is 14.5 Å². The van der Waals surface area contributed by atoms with Gasteiger partial charge in [0.1, 0.15) is 21.9 Å². The first kappa shape index (κ1) is 24.2. The molecule has 1 aliphatic carbocycles. The van der Waals surface area contributed by atoms with Gasteiger partial charge in [-0.15, -0.1) is 11.3 Å². The normalized spacial score (nSPS) is 13.2. The number of carbonyl (C=O) groups is 2. The maximum absolute atomic E-state index is 13.7. The largest absolute Gasteiger partial charge is 0.465 e. The fourth-order valence-corrected chi connectivity index (χ4v) is 6.27. The number of hydrogen-bond acceptors (Lipinski definition) is 7. The molecule has 0 spiro atoms. The number of thiophene rings is 1. The number of nitrogens with one attached hydrogen (secondary N) is 1. The third-order valence-corrected chi connectivity index (χ3v) is 8.05. The van der Waals surface area contributed by atoms with Gasteiger partial charge < -0.3 is 20.4 Å². The van der Waals surface area contributed by atoms with Crippen LogP contribution in [0.2, 0.25) is 0 Å². The molecule has 3 heterocycles. The molecule has 36 heavy (non-hydrogen) atoms. The number of fused-ring (bicyclic) bond motifs is 3. The molecule has 3 N–H and O–H groups in total. The summed E-state index contributed by atoms with van der Waals surface area (Å²) in [5, 5.41) is 3.50. The summed E-state index contributed by atoms with van der Waals surface area (Å²) in [6, 6.07) is 7.60. The van der Waals surface area contributed by atoms with E-state index in [1.54, 1.807) is 0 Å². The zero-order chi connectivity index (χ0) is 25.2. The number of anilines is 2. The van der Waals surface area contributed by atoms with Crippen molar-refractivity contribution in [3.05, 3.63) is 45.8 Å². The van der Waals surface area contributed by atoms with Gasteiger partial charge in [0.15, 0.2) is 5.65 Å². The minimum atomic E-state index is -0.429. The number of methoxy groups -OCH3 is 1. The van der Waals surface area contributed by atoms with Crippen LogP contribution < -0.4 is 11.1 Å². The maximum atomic E-state index is 13.7. The van der Waals surface area contributed by atoms with Crippen molar-refractivity contribution >= 4 is 56.2 Å². The predicted molar refractivity (Wildman–Crippen MR) is 144 cm³/mol. The molecule has 0 saturated carbocycles. The first-order valence-electron chi connectivity index (χ1n) is 12.6. The Kier molecular flexibility index (Phi) is 6.91. The Hall–Kier alpha value is -3.46. The average Bonchev–Trinajstić information content (AvgIpc) is 3.38. The highest BCUT2D eigenvalue weighted by Gasteiger charge is 2.29. The van der Waals surface area contributed by atoms with Gasteiger partial charge in [-0.25, -0.2) is 14.8 Å². The molecule has 4 aromatic rings. The lowest BCUT2D eigenvalue weighted by Crippen LogP contribution is -2.17. The number of nitrogens with zero attached hydrogens (tertiary/aromatic N) is 3. The first-order chi connectivity index (χ1) is 17.5. The first-order valence-corrected chi connectivity index (χ1v) is 13.4. The smallest absolute Gasteiger partial charge is 0.341 e. The van der Waals surface area contributed by atoms with Gasteiger partial charge in [-0.05, 0) is 49.8 Å².